The fourth-order valence-corrected chi connectivity index (χ4v) is 3.56. The maximum atomic E-state index is 13.5. The number of hydrogen-bond acceptors (Lipinski definition) is 4. The number of carboxylic acids is 1. The number of carboxylic acid groups (broad SMARTS) is 1. The molecular weight excluding hydrogens is 419 g/mol. The van der Waals surface area contributed by atoms with E-state index in [9.17, 15) is 9.18 Å². The monoisotopic (exact) mass is 446 g/mol. The predicted octanol–water partition coefficient (Wildman–Crippen LogP) is 4.54. The molecule has 2 aromatic carbocycles. The smallest absolute Gasteiger partial charge is 0.332 e. The average molecular weight is 447 g/mol. The normalized spacial score (nSPS) is 14.5. The van der Waals surface area contributed by atoms with Crippen LogP contribution in [-0.2, 0) is 16.1 Å². The SMILES string of the molecule is Cc1cc(F)ccc1C/C(=N/OCCN1CCC=C(C(=O)O)C1)c1ccccc1C.Cl. The third kappa shape index (κ3) is 6.91. The Balaban J connectivity index is 0.00000341. The summed E-state index contributed by atoms with van der Waals surface area (Å²) in [5, 5.41) is 13.6. The van der Waals surface area contributed by atoms with Gasteiger partial charge in [-0.05, 0) is 49.1 Å². The first kappa shape index (κ1) is 24.6. The first-order chi connectivity index (χ1) is 14.4. The Morgan fingerprint density at radius 3 is 2.68 bits per heavy atom. The zero-order valence-electron chi connectivity index (χ0n) is 17.8. The van der Waals surface area contributed by atoms with Gasteiger partial charge in [0, 0.05) is 37.2 Å². The summed E-state index contributed by atoms with van der Waals surface area (Å²) in [6.45, 7) is 6.11. The van der Waals surface area contributed by atoms with Crippen LogP contribution in [0.25, 0.3) is 0 Å². The zero-order chi connectivity index (χ0) is 21.5. The first-order valence-corrected chi connectivity index (χ1v) is 10.1. The lowest BCUT2D eigenvalue weighted by Crippen LogP contribution is -2.34. The summed E-state index contributed by atoms with van der Waals surface area (Å²) in [5.41, 5.74) is 5.17. The molecule has 0 fully saturated rings. The van der Waals surface area contributed by atoms with Gasteiger partial charge in [0.2, 0.25) is 0 Å². The fourth-order valence-electron chi connectivity index (χ4n) is 3.56. The second kappa shape index (κ2) is 11.6. The Hall–Kier alpha value is -2.70. The van der Waals surface area contributed by atoms with Crippen molar-refractivity contribution < 1.29 is 19.1 Å². The van der Waals surface area contributed by atoms with Gasteiger partial charge in [-0.1, -0.05) is 41.6 Å². The highest BCUT2D eigenvalue weighted by Gasteiger charge is 2.17. The van der Waals surface area contributed by atoms with Crippen LogP contribution in [0.5, 0.6) is 0 Å². The number of aryl methyl sites for hydroxylation is 2. The standard InChI is InChI=1S/C24H27FN2O3.ClH/c1-17-6-3-4-8-22(17)23(15-19-9-10-21(25)14-18(19)2)26-30-13-12-27-11-5-7-20(16-27)24(28)29;/h3-4,6-10,14H,5,11-13,15-16H2,1-2H3,(H,28,29);1H/b26-23-;. The first-order valence-electron chi connectivity index (χ1n) is 10.1. The van der Waals surface area contributed by atoms with Gasteiger partial charge in [0.1, 0.15) is 12.4 Å². The van der Waals surface area contributed by atoms with Crippen molar-refractivity contribution in [2.75, 3.05) is 26.2 Å². The average Bonchev–Trinajstić information content (AvgIpc) is 2.72. The maximum absolute atomic E-state index is 13.5. The molecule has 0 radical (unpaired) electrons. The quantitative estimate of drug-likeness (QED) is 0.367. The van der Waals surface area contributed by atoms with Gasteiger partial charge in [-0.25, -0.2) is 9.18 Å². The van der Waals surface area contributed by atoms with Crippen molar-refractivity contribution in [1.82, 2.24) is 4.90 Å². The molecule has 0 aliphatic carbocycles. The molecule has 0 unspecified atom stereocenters. The van der Waals surface area contributed by atoms with Crippen LogP contribution >= 0.6 is 12.4 Å². The third-order valence-electron chi connectivity index (χ3n) is 5.30. The van der Waals surface area contributed by atoms with E-state index in [1.807, 2.05) is 38.1 Å². The van der Waals surface area contributed by atoms with E-state index in [1.165, 1.54) is 12.1 Å². The molecule has 0 aromatic heterocycles. The van der Waals surface area contributed by atoms with E-state index < -0.39 is 5.97 Å². The summed E-state index contributed by atoms with van der Waals surface area (Å²) < 4.78 is 13.5. The van der Waals surface area contributed by atoms with Crippen LogP contribution in [0.1, 0.15) is 28.7 Å². The van der Waals surface area contributed by atoms with Crippen molar-refractivity contribution in [2.24, 2.45) is 5.16 Å². The second-order valence-electron chi connectivity index (χ2n) is 7.53. The van der Waals surface area contributed by atoms with Crippen LogP contribution in [0.15, 0.2) is 59.3 Å². The minimum atomic E-state index is -0.866. The van der Waals surface area contributed by atoms with Gasteiger partial charge in [0.05, 0.1) is 5.71 Å². The molecule has 0 bridgehead atoms. The van der Waals surface area contributed by atoms with Crippen LogP contribution < -0.4 is 0 Å². The van der Waals surface area contributed by atoms with Crippen molar-refractivity contribution >= 4 is 24.1 Å². The molecule has 1 heterocycles. The van der Waals surface area contributed by atoms with E-state index in [1.54, 1.807) is 12.1 Å². The molecule has 1 aliphatic rings. The molecule has 1 aliphatic heterocycles. The molecular formula is C24H28ClFN2O3. The summed E-state index contributed by atoms with van der Waals surface area (Å²) in [4.78, 5) is 18.9. The molecule has 0 saturated heterocycles. The minimum Gasteiger partial charge on any atom is -0.478 e. The van der Waals surface area contributed by atoms with Crippen LogP contribution in [-0.4, -0.2) is 47.9 Å². The Morgan fingerprint density at radius 1 is 1.19 bits per heavy atom. The van der Waals surface area contributed by atoms with Crippen molar-refractivity contribution in [1.29, 1.82) is 0 Å². The van der Waals surface area contributed by atoms with E-state index in [0.29, 0.717) is 31.7 Å². The Labute approximate surface area is 188 Å². The molecule has 166 valence electrons. The van der Waals surface area contributed by atoms with Gasteiger partial charge in [-0.3, -0.25) is 4.90 Å². The molecule has 0 amide bonds. The summed E-state index contributed by atoms with van der Waals surface area (Å²) in [6, 6.07) is 12.7. The Kier molecular flexibility index (Phi) is 9.21. The van der Waals surface area contributed by atoms with E-state index in [2.05, 4.69) is 10.1 Å². The number of nitrogens with zero attached hydrogens (tertiary/aromatic N) is 2. The largest absolute Gasteiger partial charge is 0.478 e. The van der Waals surface area contributed by atoms with Crippen molar-refractivity contribution in [3.05, 3.63) is 82.2 Å². The number of halogens is 2. The Bertz CT molecular complexity index is 975. The maximum Gasteiger partial charge on any atom is 0.332 e. The second-order valence-corrected chi connectivity index (χ2v) is 7.53. The number of oxime groups is 1. The van der Waals surface area contributed by atoms with Crippen molar-refractivity contribution in [3.8, 4) is 0 Å². The molecule has 31 heavy (non-hydrogen) atoms. The molecule has 0 saturated carbocycles. The van der Waals surface area contributed by atoms with Crippen molar-refractivity contribution in [3.63, 3.8) is 0 Å². The lowest BCUT2D eigenvalue weighted by atomic mass is 9.96. The number of aliphatic carboxylic acids is 1. The zero-order valence-corrected chi connectivity index (χ0v) is 18.6. The van der Waals surface area contributed by atoms with Crippen LogP contribution in [0.2, 0.25) is 0 Å². The predicted molar refractivity (Wildman–Crippen MR) is 123 cm³/mol. The summed E-state index contributed by atoms with van der Waals surface area (Å²) >= 11 is 0. The van der Waals surface area contributed by atoms with E-state index in [0.717, 1.165) is 40.9 Å². The van der Waals surface area contributed by atoms with Crippen LogP contribution in [0.4, 0.5) is 4.39 Å². The van der Waals surface area contributed by atoms with Gasteiger partial charge in [-0.15, -0.1) is 12.4 Å². The highest BCUT2D eigenvalue weighted by atomic mass is 35.5. The molecule has 0 atom stereocenters. The summed E-state index contributed by atoms with van der Waals surface area (Å²) in [5.74, 6) is -1.12. The van der Waals surface area contributed by atoms with Crippen LogP contribution in [0.3, 0.4) is 0 Å². The Morgan fingerprint density at radius 2 is 1.97 bits per heavy atom. The van der Waals surface area contributed by atoms with Crippen LogP contribution in [0, 0.1) is 19.7 Å². The number of benzene rings is 2. The highest BCUT2D eigenvalue weighted by molar-refractivity contribution is 6.02. The third-order valence-corrected chi connectivity index (χ3v) is 5.30. The van der Waals surface area contributed by atoms with E-state index >= 15 is 0 Å². The molecule has 3 rings (SSSR count). The number of hydrogen-bond donors (Lipinski definition) is 1. The van der Waals surface area contributed by atoms with Gasteiger partial charge < -0.3 is 9.94 Å². The molecule has 2 aromatic rings. The number of carbonyl (C=O) groups is 1. The topological polar surface area (TPSA) is 62.1 Å². The van der Waals surface area contributed by atoms with Gasteiger partial charge in [0.25, 0.3) is 0 Å². The van der Waals surface area contributed by atoms with Gasteiger partial charge in [0.15, 0.2) is 0 Å². The molecule has 5 nitrogen and oxygen atoms in total. The molecule has 7 heteroatoms. The minimum absolute atomic E-state index is 0. The van der Waals surface area contributed by atoms with E-state index in [4.69, 9.17) is 9.94 Å². The fraction of sp³-hybridized carbons (Fsp3) is 0.333. The lowest BCUT2D eigenvalue weighted by molar-refractivity contribution is -0.133. The summed E-state index contributed by atoms with van der Waals surface area (Å²) in [7, 11) is 0. The van der Waals surface area contributed by atoms with E-state index in [-0.39, 0.29) is 18.2 Å². The van der Waals surface area contributed by atoms with Gasteiger partial charge in [-0.2, -0.15) is 0 Å². The van der Waals surface area contributed by atoms with Crippen molar-refractivity contribution in [2.45, 2.75) is 26.7 Å². The van der Waals surface area contributed by atoms with Gasteiger partial charge >= 0.3 is 5.97 Å². The summed E-state index contributed by atoms with van der Waals surface area (Å²) in [6.07, 6.45) is 3.04. The number of rotatable bonds is 8. The highest BCUT2D eigenvalue weighted by Crippen LogP contribution is 2.17. The molecule has 0 spiro atoms. The lowest BCUT2D eigenvalue weighted by Gasteiger charge is -2.24. The molecule has 1 N–H and O–H groups in total.